The summed E-state index contributed by atoms with van der Waals surface area (Å²) >= 11 is 1.75. The summed E-state index contributed by atoms with van der Waals surface area (Å²) < 4.78 is 0. The molecule has 0 bridgehead atoms. The van der Waals surface area contributed by atoms with Crippen molar-refractivity contribution in [3.8, 4) is 0 Å². The van der Waals surface area contributed by atoms with Crippen LogP contribution in [0.1, 0.15) is 23.8 Å². The lowest BCUT2D eigenvalue weighted by Crippen LogP contribution is -2.32. The Hall–Kier alpha value is -0.420. The van der Waals surface area contributed by atoms with E-state index in [-0.39, 0.29) is 6.61 Å². The highest BCUT2D eigenvalue weighted by atomic mass is 32.1. The normalized spacial score (nSPS) is 20.1. The Balaban J connectivity index is 1.90. The summed E-state index contributed by atoms with van der Waals surface area (Å²) in [6.45, 7) is 0.296. The standard InChI is InChI=1S/C11H17NO2S/c13-7-9(14)6-12-11(8-3-4-8)10-2-1-5-15-10/h1-2,5,8-9,11-14H,3-4,6-7H2. The quantitative estimate of drug-likeness (QED) is 0.683. The van der Waals surface area contributed by atoms with Gasteiger partial charge in [0.2, 0.25) is 0 Å². The predicted molar refractivity (Wildman–Crippen MR) is 60.9 cm³/mol. The van der Waals surface area contributed by atoms with Gasteiger partial charge in [0, 0.05) is 17.5 Å². The molecule has 1 heterocycles. The second kappa shape index (κ2) is 5.07. The van der Waals surface area contributed by atoms with Crippen LogP contribution in [0.15, 0.2) is 17.5 Å². The van der Waals surface area contributed by atoms with Crippen molar-refractivity contribution in [3.63, 3.8) is 0 Å². The number of aliphatic hydroxyl groups excluding tert-OH is 2. The number of nitrogens with one attached hydrogen (secondary N) is 1. The van der Waals surface area contributed by atoms with Gasteiger partial charge in [-0.3, -0.25) is 0 Å². The molecule has 0 amide bonds. The maximum absolute atomic E-state index is 9.30. The van der Waals surface area contributed by atoms with Crippen LogP contribution in [-0.4, -0.2) is 29.5 Å². The van der Waals surface area contributed by atoms with Gasteiger partial charge in [-0.25, -0.2) is 0 Å². The van der Waals surface area contributed by atoms with E-state index in [9.17, 15) is 5.11 Å². The Morgan fingerprint density at radius 2 is 2.33 bits per heavy atom. The van der Waals surface area contributed by atoms with E-state index in [0.717, 1.165) is 5.92 Å². The molecular formula is C11H17NO2S. The van der Waals surface area contributed by atoms with E-state index in [4.69, 9.17) is 5.11 Å². The topological polar surface area (TPSA) is 52.5 Å². The second-order valence-corrected chi connectivity index (χ2v) is 5.05. The summed E-state index contributed by atoms with van der Waals surface area (Å²) in [5.74, 6) is 0.717. The summed E-state index contributed by atoms with van der Waals surface area (Å²) in [6.07, 6.45) is 1.89. The molecule has 84 valence electrons. The van der Waals surface area contributed by atoms with Gasteiger partial charge in [0.1, 0.15) is 0 Å². The maximum Gasteiger partial charge on any atom is 0.0895 e. The molecule has 1 saturated carbocycles. The molecule has 1 aliphatic rings. The lowest BCUT2D eigenvalue weighted by atomic mass is 10.1. The molecule has 0 spiro atoms. The molecule has 4 heteroatoms. The number of hydrogen-bond acceptors (Lipinski definition) is 4. The van der Waals surface area contributed by atoms with Crippen LogP contribution in [0.5, 0.6) is 0 Å². The molecule has 0 aromatic carbocycles. The van der Waals surface area contributed by atoms with Gasteiger partial charge in [-0.05, 0) is 30.2 Å². The summed E-state index contributed by atoms with van der Waals surface area (Å²) in [5, 5.41) is 23.5. The van der Waals surface area contributed by atoms with Crippen molar-refractivity contribution in [1.29, 1.82) is 0 Å². The van der Waals surface area contributed by atoms with Gasteiger partial charge in [0.15, 0.2) is 0 Å². The first-order valence-electron chi connectivity index (χ1n) is 5.37. The largest absolute Gasteiger partial charge is 0.394 e. The minimum atomic E-state index is -0.647. The molecule has 0 radical (unpaired) electrons. The summed E-state index contributed by atoms with van der Waals surface area (Å²) in [6, 6.07) is 4.55. The van der Waals surface area contributed by atoms with Gasteiger partial charge < -0.3 is 15.5 Å². The molecule has 2 atom stereocenters. The molecule has 1 aliphatic carbocycles. The first-order chi connectivity index (χ1) is 7.31. The van der Waals surface area contributed by atoms with E-state index in [1.807, 2.05) is 0 Å². The SMILES string of the molecule is OCC(O)CNC(c1cccs1)C1CC1. The van der Waals surface area contributed by atoms with Crippen molar-refractivity contribution in [2.75, 3.05) is 13.2 Å². The fourth-order valence-corrected chi connectivity index (χ4v) is 2.62. The number of thiophene rings is 1. The summed E-state index contributed by atoms with van der Waals surface area (Å²) in [4.78, 5) is 1.34. The monoisotopic (exact) mass is 227 g/mol. The van der Waals surface area contributed by atoms with Gasteiger partial charge in [-0.15, -0.1) is 11.3 Å². The highest BCUT2D eigenvalue weighted by Gasteiger charge is 2.32. The minimum absolute atomic E-state index is 0.172. The van der Waals surface area contributed by atoms with Crippen LogP contribution in [0.3, 0.4) is 0 Å². The van der Waals surface area contributed by atoms with Crippen LogP contribution in [-0.2, 0) is 0 Å². The van der Waals surface area contributed by atoms with E-state index in [1.165, 1.54) is 17.7 Å². The molecule has 3 nitrogen and oxygen atoms in total. The summed E-state index contributed by atoms with van der Waals surface area (Å²) in [5.41, 5.74) is 0. The highest BCUT2D eigenvalue weighted by Crippen LogP contribution is 2.42. The van der Waals surface area contributed by atoms with Crippen LogP contribution in [0, 0.1) is 5.92 Å². The number of aliphatic hydroxyl groups is 2. The van der Waals surface area contributed by atoms with Crippen molar-refractivity contribution < 1.29 is 10.2 Å². The molecule has 2 rings (SSSR count). The number of hydrogen-bond donors (Lipinski definition) is 3. The zero-order chi connectivity index (χ0) is 10.7. The van der Waals surface area contributed by atoms with Gasteiger partial charge in [-0.1, -0.05) is 6.07 Å². The Morgan fingerprint density at radius 1 is 1.53 bits per heavy atom. The molecule has 0 saturated heterocycles. The van der Waals surface area contributed by atoms with Gasteiger partial charge >= 0.3 is 0 Å². The second-order valence-electron chi connectivity index (χ2n) is 4.08. The van der Waals surface area contributed by atoms with E-state index in [1.54, 1.807) is 11.3 Å². The van der Waals surface area contributed by atoms with Crippen LogP contribution < -0.4 is 5.32 Å². The molecule has 0 aliphatic heterocycles. The molecule has 2 unspecified atom stereocenters. The van der Waals surface area contributed by atoms with E-state index < -0.39 is 6.10 Å². The fraction of sp³-hybridized carbons (Fsp3) is 0.636. The highest BCUT2D eigenvalue weighted by molar-refractivity contribution is 7.10. The predicted octanol–water partition coefficient (Wildman–Crippen LogP) is 1.14. The van der Waals surface area contributed by atoms with Gasteiger partial charge in [0.05, 0.1) is 12.7 Å². The van der Waals surface area contributed by atoms with Crippen molar-refractivity contribution in [2.24, 2.45) is 5.92 Å². The molecule has 3 N–H and O–H groups in total. The van der Waals surface area contributed by atoms with Crippen LogP contribution in [0.25, 0.3) is 0 Å². The zero-order valence-electron chi connectivity index (χ0n) is 8.60. The third-order valence-electron chi connectivity index (χ3n) is 2.73. The van der Waals surface area contributed by atoms with E-state index in [2.05, 4.69) is 22.8 Å². The van der Waals surface area contributed by atoms with E-state index >= 15 is 0 Å². The molecule has 1 fully saturated rings. The number of rotatable bonds is 6. The molecule has 15 heavy (non-hydrogen) atoms. The Kier molecular flexibility index (Phi) is 3.75. The Morgan fingerprint density at radius 3 is 2.87 bits per heavy atom. The fourth-order valence-electron chi connectivity index (χ4n) is 1.72. The van der Waals surface area contributed by atoms with Crippen molar-refractivity contribution in [2.45, 2.75) is 25.0 Å². The molecule has 1 aromatic heterocycles. The first-order valence-corrected chi connectivity index (χ1v) is 6.25. The van der Waals surface area contributed by atoms with Crippen molar-refractivity contribution >= 4 is 11.3 Å². The smallest absolute Gasteiger partial charge is 0.0895 e. The van der Waals surface area contributed by atoms with Gasteiger partial charge in [-0.2, -0.15) is 0 Å². The third-order valence-corrected chi connectivity index (χ3v) is 3.68. The lowest BCUT2D eigenvalue weighted by molar-refractivity contribution is 0.0912. The van der Waals surface area contributed by atoms with Crippen LogP contribution in [0.4, 0.5) is 0 Å². The zero-order valence-corrected chi connectivity index (χ0v) is 9.41. The van der Waals surface area contributed by atoms with Crippen molar-refractivity contribution in [1.82, 2.24) is 5.32 Å². The lowest BCUT2D eigenvalue weighted by Gasteiger charge is -2.18. The van der Waals surface area contributed by atoms with E-state index in [0.29, 0.717) is 12.6 Å². The molecule has 1 aromatic rings. The minimum Gasteiger partial charge on any atom is -0.394 e. The van der Waals surface area contributed by atoms with Gasteiger partial charge in [0.25, 0.3) is 0 Å². The van der Waals surface area contributed by atoms with Crippen LogP contribution in [0.2, 0.25) is 0 Å². The maximum atomic E-state index is 9.30. The Bertz CT molecular complexity index is 285. The third kappa shape index (κ3) is 3.01. The molecular weight excluding hydrogens is 210 g/mol. The summed E-state index contributed by atoms with van der Waals surface area (Å²) in [7, 11) is 0. The Labute approximate surface area is 93.8 Å². The van der Waals surface area contributed by atoms with Crippen LogP contribution >= 0.6 is 11.3 Å². The average molecular weight is 227 g/mol. The average Bonchev–Trinajstić information content (AvgIpc) is 2.94. The van der Waals surface area contributed by atoms with Crippen molar-refractivity contribution in [3.05, 3.63) is 22.4 Å². The first kappa shape index (κ1) is 11.1.